The van der Waals surface area contributed by atoms with Crippen LogP contribution in [0.5, 0.6) is 0 Å². The zero-order chi connectivity index (χ0) is 35.5. The lowest BCUT2D eigenvalue weighted by atomic mass is 9.81. The van der Waals surface area contributed by atoms with Gasteiger partial charge < -0.3 is 0 Å². The number of aromatic nitrogens is 2. The van der Waals surface area contributed by atoms with Gasteiger partial charge in [0, 0.05) is 48.1 Å². The number of hydrogen-bond acceptors (Lipinski definition) is 4. The lowest BCUT2D eigenvalue weighted by Gasteiger charge is -2.24. The highest BCUT2D eigenvalue weighted by Crippen LogP contribution is 2.50. The average Bonchev–Trinajstić information content (AvgIpc) is 3.69. The average molecular weight is 698 g/mol. The van der Waals surface area contributed by atoms with Crippen molar-refractivity contribution in [1.82, 2.24) is 9.97 Å². The first-order valence-corrected chi connectivity index (χ1v) is 18.9. The van der Waals surface area contributed by atoms with E-state index >= 15 is 0 Å². The molecule has 4 heteroatoms. The van der Waals surface area contributed by atoms with E-state index in [-0.39, 0.29) is 5.41 Å². The minimum Gasteiger partial charge on any atom is -0.279 e. The van der Waals surface area contributed by atoms with Crippen LogP contribution in [0, 0.1) is 0 Å². The van der Waals surface area contributed by atoms with Crippen LogP contribution in [-0.2, 0) is 5.41 Å². The summed E-state index contributed by atoms with van der Waals surface area (Å²) in [6.45, 7) is 4.69. The highest BCUT2D eigenvalue weighted by molar-refractivity contribution is 7.25. The van der Waals surface area contributed by atoms with Crippen molar-refractivity contribution in [3.8, 4) is 44.8 Å². The van der Waals surface area contributed by atoms with E-state index in [9.17, 15) is 0 Å². The number of rotatable bonds is 6. The van der Waals surface area contributed by atoms with E-state index in [4.69, 9.17) is 9.97 Å². The van der Waals surface area contributed by atoms with E-state index in [1.165, 1.54) is 53.6 Å². The summed E-state index contributed by atoms with van der Waals surface area (Å²) >= 11 is 1.84. The number of anilines is 3. The second kappa shape index (κ2) is 12.4. The lowest BCUT2D eigenvalue weighted by Crippen LogP contribution is -2.14. The first kappa shape index (κ1) is 31.4. The fourth-order valence-electron chi connectivity index (χ4n) is 7.97. The van der Waals surface area contributed by atoms with Crippen LogP contribution >= 0.6 is 11.3 Å². The summed E-state index contributed by atoms with van der Waals surface area (Å²) in [4.78, 5) is 12.7. The van der Waals surface area contributed by atoms with E-state index in [1.807, 2.05) is 29.5 Å². The molecule has 0 bridgehead atoms. The van der Waals surface area contributed by atoms with Crippen LogP contribution in [0.2, 0.25) is 0 Å². The molecular weight excluding hydrogens is 663 g/mol. The van der Waals surface area contributed by atoms with E-state index < -0.39 is 0 Å². The Morgan fingerprint density at radius 1 is 0.434 bits per heavy atom. The van der Waals surface area contributed by atoms with Crippen LogP contribution in [0.25, 0.3) is 64.9 Å². The summed E-state index contributed by atoms with van der Waals surface area (Å²) in [6, 6.07) is 62.8. The predicted molar refractivity (Wildman–Crippen MR) is 223 cm³/mol. The molecule has 0 spiro atoms. The molecule has 0 fully saturated rings. The fourth-order valence-corrected chi connectivity index (χ4v) is 9.04. The minimum absolute atomic E-state index is 0.0445. The molecule has 0 amide bonds. The van der Waals surface area contributed by atoms with Crippen LogP contribution in [0.15, 0.2) is 176 Å². The molecule has 0 aliphatic heterocycles. The predicted octanol–water partition coefficient (Wildman–Crippen LogP) is 13.6. The second-order valence-corrected chi connectivity index (χ2v) is 15.3. The summed E-state index contributed by atoms with van der Waals surface area (Å²) < 4.78 is 2.53. The first-order valence-electron chi connectivity index (χ1n) is 18.1. The van der Waals surface area contributed by atoms with Gasteiger partial charge in [-0.3, -0.25) is 4.90 Å². The molecule has 10 rings (SSSR count). The molecule has 0 saturated carbocycles. The van der Waals surface area contributed by atoms with Crippen molar-refractivity contribution >= 4 is 48.8 Å². The van der Waals surface area contributed by atoms with Gasteiger partial charge in [-0.2, -0.15) is 0 Å². The number of nitrogens with zero attached hydrogens (tertiary/aromatic N) is 3. The van der Waals surface area contributed by atoms with Gasteiger partial charge in [0.25, 0.3) is 0 Å². The van der Waals surface area contributed by atoms with Gasteiger partial charge in [-0.25, -0.2) is 9.97 Å². The standard InChI is InChI=1S/C49H35N3S/c1-49(2)42-21-13-12-20-38(42)39-25-22-35(29-43(39)49)34-23-26-46-40(28-34)41-30-37(24-27-47(41)53-46)52(36-18-10-5-11-19-36)48-50-44(32-14-6-3-7-15-32)31-45(51-48)33-16-8-4-9-17-33/h3-31H,1-2H3. The highest BCUT2D eigenvalue weighted by Gasteiger charge is 2.35. The van der Waals surface area contributed by atoms with Gasteiger partial charge in [0.05, 0.1) is 11.4 Å². The first-order chi connectivity index (χ1) is 26.0. The Morgan fingerprint density at radius 2 is 0.981 bits per heavy atom. The summed E-state index contributed by atoms with van der Waals surface area (Å²) in [5.74, 6) is 0.623. The van der Waals surface area contributed by atoms with Crippen LogP contribution in [0.1, 0.15) is 25.0 Å². The molecule has 2 aromatic heterocycles. The summed E-state index contributed by atoms with van der Waals surface area (Å²) in [6.07, 6.45) is 0. The Morgan fingerprint density at radius 3 is 1.68 bits per heavy atom. The molecule has 0 saturated heterocycles. The molecule has 252 valence electrons. The van der Waals surface area contributed by atoms with Gasteiger partial charge >= 0.3 is 0 Å². The smallest absolute Gasteiger partial charge is 0.235 e. The SMILES string of the molecule is CC1(C)c2ccccc2-c2ccc(-c3ccc4sc5ccc(N(c6ccccc6)c6nc(-c7ccccc7)cc(-c7ccccc7)n6)cc5c4c3)cc21. The molecule has 2 heterocycles. The van der Waals surface area contributed by atoms with Gasteiger partial charge in [0.1, 0.15) is 0 Å². The Bertz CT molecular complexity index is 2750. The van der Waals surface area contributed by atoms with E-state index in [0.717, 1.165) is 33.9 Å². The van der Waals surface area contributed by atoms with Crippen molar-refractivity contribution in [3.05, 3.63) is 187 Å². The van der Waals surface area contributed by atoms with Crippen molar-refractivity contribution in [2.24, 2.45) is 0 Å². The maximum Gasteiger partial charge on any atom is 0.235 e. The van der Waals surface area contributed by atoms with Gasteiger partial charge in [-0.05, 0) is 88.0 Å². The molecule has 0 radical (unpaired) electrons. The Kier molecular flexibility index (Phi) is 7.34. The van der Waals surface area contributed by atoms with Crippen molar-refractivity contribution in [2.45, 2.75) is 19.3 Å². The summed E-state index contributed by atoms with van der Waals surface area (Å²) in [5.41, 5.74) is 13.8. The zero-order valence-electron chi connectivity index (χ0n) is 29.5. The monoisotopic (exact) mass is 697 g/mol. The van der Waals surface area contributed by atoms with Crippen molar-refractivity contribution < 1.29 is 0 Å². The summed E-state index contributed by atoms with van der Waals surface area (Å²) in [7, 11) is 0. The molecule has 3 nitrogen and oxygen atoms in total. The quantitative estimate of drug-likeness (QED) is 0.173. The highest BCUT2D eigenvalue weighted by atomic mass is 32.1. The van der Waals surface area contributed by atoms with Crippen molar-refractivity contribution in [3.63, 3.8) is 0 Å². The molecule has 0 atom stereocenters. The van der Waals surface area contributed by atoms with Crippen molar-refractivity contribution in [2.75, 3.05) is 4.90 Å². The van der Waals surface area contributed by atoms with Crippen molar-refractivity contribution in [1.29, 1.82) is 0 Å². The number of fused-ring (bicyclic) bond motifs is 6. The molecule has 0 N–H and O–H groups in total. The molecule has 1 aliphatic rings. The molecular formula is C49H35N3S. The molecule has 9 aromatic rings. The maximum atomic E-state index is 5.24. The Hall–Kier alpha value is -6.36. The normalized spacial score (nSPS) is 12.9. The molecule has 7 aromatic carbocycles. The van der Waals surface area contributed by atoms with E-state index in [0.29, 0.717) is 5.95 Å². The second-order valence-electron chi connectivity index (χ2n) is 14.3. The van der Waals surface area contributed by atoms with Crippen LogP contribution in [-0.4, -0.2) is 9.97 Å². The number of benzene rings is 7. The molecule has 53 heavy (non-hydrogen) atoms. The minimum atomic E-state index is -0.0445. The number of hydrogen-bond donors (Lipinski definition) is 0. The topological polar surface area (TPSA) is 29.0 Å². The van der Waals surface area contributed by atoms with Gasteiger partial charge in [-0.15, -0.1) is 11.3 Å². The van der Waals surface area contributed by atoms with Gasteiger partial charge in [-0.1, -0.05) is 135 Å². The third-order valence-electron chi connectivity index (χ3n) is 10.7. The lowest BCUT2D eigenvalue weighted by molar-refractivity contribution is 0.660. The Balaban J connectivity index is 1.12. The number of para-hydroxylation sites is 1. The molecule has 1 aliphatic carbocycles. The fraction of sp³-hybridized carbons (Fsp3) is 0.0612. The third-order valence-corrected chi connectivity index (χ3v) is 11.8. The molecule has 0 unspecified atom stereocenters. The van der Waals surface area contributed by atoms with Gasteiger partial charge in [0.2, 0.25) is 5.95 Å². The maximum absolute atomic E-state index is 5.24. The number of thiophene rings is 1. The largest absolute Gasteiger partial charge is 0.279 e. The van der Waals surface area contributed by atoms with E-state index in [2.05, 4.69) is 176 Å². The van der Waals surface area contributed by atoms with Crippen LogP contribution in [0.4, 0.5) is 17.3 Å². The summed E-state index contributed by atoms with van der Waals surface area (Å²) in [5, 5.41) is 2.48. The third kappa shape index (κ3) is 5.34. The van der Waals surface area contributed by atoms with Gasteiger partial charge in [0.15, 0.2) is 0 Å². The Labute approximate surface area is 313 Å². The zero-order valence-corrected chi connectivity index (χ0v) is 30.3. The van der Waals surface area contributed by atoms with Crippen LogP contribution in [0.3, 0.4) is 0 Å². The van der Waals surface area contributed by atoms with Crippen LogP contribution < -0.4 is 4.90 Å². The van der Waals surface area contributed by atoms with E-state index in [1.54, 1.807) is 0 Å².